The van der Waals surface area contributed by atoms with Gasteiger partial charge in [-0.2, -0.15) is 0 Å². The van der Waals surface area contributed by atoms with Crippen molar-refractivity contribution in [1.82, 2.24) is 5.32 Å². The molecule has 1 unspecified atom stereocenters. The van der Waals surface area contributed by atoms with Gasteiger partial charge in [0.2, 0.25) is 0 Å². The fourth-order valence-corrected chi connectivity index (χ4v) is 2.91. The minimum Gasteiger partial charge on any atom is -0.314 e. The average molecular weight is 245 g/mol. The zero-order valence-electron chi connectivity index (χ0n) is 11.8. The third-order valence-electron chi connectivity index (χ3n) is 4.06. The van der Waals surface area contributed by atoms with Crippen molar-refractivity contribution >= 4 is 0 Å². The summed E-state index contributed by atoms with van der Waals surface area (Å²) in [6.07, 6.45) is 10.7. The van der Waals surface area contributed by atoms with Crippen LogP contribution in [0.2, 0.25) is 0 Å². The van der Waals surface area contributed by atoms with Gasteiger partial charge in [-0.05, 0) is 43.4 Å². The monoisotopic (exact) mass is 245 g/mol. The molecule has 0 aliphatic heterocycles. The number of rotatable bonds is 7. The van der Waals surface area contributed by atoms with Crippen LogP contribution in [0.4, 0.5) is 0 Å². The molecule has 0 bridgehead atoms. The Labute approximate surface area is 112 Å². The van der Waals surface area contributed by atoms with E-state index in [0.717, 1.165) is 0 Å². The van der Waals surface area contributed by atoms with Crippen molar-refractivity contribution in [3.8, 4) is 0 Å². The number of benzene rings is 1. The van der Waals surface area contributed by atoms with Gasteiger partial charge in [-0.3, -0.25) is 0 Å². The van der Waals surface area contributed by atoms with Gasteiger partial charge in [0.1, 0.15) is 0 Å². The fraction of sp³-hybridized carbons (Fsp3) is 0.647. The Kier molecular flexibility index (Phi) is 5.73. The van der Waals surface area contributed by atoms with Crippen LogP contribution < -0.4 is 5.32 Å². The lowest BCUT2D eigenvalue weighted by atomic mass is 9.88. The van der Waals surface area contributed by atoms with Gasteiger partial charge >= 0.3 is 0 Å². The molecule has 1 atom stereocenters. The summed E-state index contributed by atoms with van der Waals surface area (Å²) in [5.41, 5.74) is 3.13. The topological polar surface area (TPSA) is 12.0 Å². The highest BCUT2D eigenvalue weighted by Crippen LogP contribution is 2.20. The van der Waals surface area contributed by atoms with Gasteiger partial charge in [0.15, 0.2) is 0 Å². The Bertz CT molecular complexity index is 345. The van der Waals surface area contributed by atoms with Gasteiger partial charge in [0.25, 0.3) is 0 Å². The van der Waals surface area contributed by atoms with Gasteiger partial charge in [0, 0.05) is 6.04 Å². The Morgan fingerprint density at radius 3 is 2.67 bits per heavy atom. The lowest BCUT2D eigenvalue weighted by molar-refractivity contribution is 0.447. The van der Waals surface area contributed by atoms with Crippen molar-refractivity contribution in [2.45, 2.75) is 64.3 Å². The molecule has 100 valence electrons. The summed E-state index contributed by atoms with van der Waals surface area (Å²) in [6.45, 7) is 3.48. The van der Waals surface area contributed by atoms with E-state index in [-0.39, 0.29) is 0 Å². The molecule has 1 N–H and O–H groups in total. The zero-order chi connectivity index (χ0) is 12.6. The molecule has 0 aromatic heterocycles. The molecule has 18 heavy (non-hydrogen) atoms. The summed E-state index contributed by atoms with van der Waals surface area (Å²) in [6, 6.07) is 9.64. The van der Waals surface area contributed by atoms with Crippen molar-refractivity contribution in [3.63, 3.8) is 0 Å². The fourth-order valence-electron chi connectivity index (χ4n) is 2.91. The molecule has 1 aromatic rings. The second-order valence-corrected chi connectivity index (χ2v) is 5.58. The van der Waals surface area contributed by atoms with Crippen molar-refractivity contribution < 1.29 is 0 Å². The minimum absolute atomic E-state index is 0.714. The predicted molar refractivity (Wildman–Crippen MR) is 79.0 cm³/mol. The molecule has 1 heteroatoms. The molecule has 0 amide bonds. The predicted octanol–water partition coefficient (Wildman–Crippen LogP) is 4.10. The van der Waals surface area contributed by atoms with E-state index in [4.69, 9.17) is 0 Å². The second-order valence-electron chi connectivity index (χ2n) is 5.58. The molecular weight excluding hydrogens is 218 g/mol. The first-order valence-corrected chi connectivity index (χ1v) is 7.70. The van der Waals surface area contributed by atoms with Crippen LogP contribution in [-0.4, -0.2) is 12.6 Å². The molecule has 2 rings (SSSR count). The maximum Gasteiger partial charge on any atom is 0.0111 e. The van der Waals surface area contributed by atoms with Crippen LogP contribution in [0.1, 0.15) is 56.6 Å². The van der Waals surface area contributed by atoms with E-state index in [0.29, 0.717) is 6.04 Å². The molecular formula is C17H27N. The lowest BCUT2D eigenvalue weighted by Gasteiger charge is -2.25. The van der Waals surface area contributed by atoms with Gasteiger partial charge in [-0.25, -0.2) is 0 Å². The first kappa shape index (κ1) is 13.6. The standard InChI is InChI=1S/C17H27N/c1-2-3-4-5-8-13-18-17-12-11-15-9-6-7-10-16(15)14-17/h6-7,9-10,17-18H,2-5,8,11-14H2,1H3. The van der Waals surface area contributed by atoms with Crippen molar-refractivity contribution in [2.24, 2.45) is 0 Å². The first-order valence-electron chi connectivity index (χ1n) is 7.70. The molecule has 1 aromatic carbocycles. The van der Waals surface area contributed by atoms with Crippen LogP contribution in [-0.2, 0) is 12.8 Å². The van der Waals surface area contributed by atoms with Crippen LogP contribution in [0.15, 0.2) is 24.3 Å². The molecule has 1 aliphatic rings. The summed E-state index contributed by atoms with van der Waals surface area (Å²) in [7, 11) is 0. The van der Waals surface area contributed by atoms with Gasteiger partial charge in [0.05, 0.1) is 0 Å². The number of hydrogen-bond acceptors (Lipinski definition) is 1. The van der Waals surface area contributed by atoms with Crippen LogP contribution in [0.25, 0.3) is 0 Å². The van der Waals surface area contributed by atoms with Crippen LogP contribution >= 0.6 is 0 Å². The van der Waals surface area contributed by atoms with Crippen molar-refractivity contribution in [3.05, 3.63) is 35.4 Å². The van der Waals surface area contributed by atoms with E-state index in [2.05, 4.69) is 36.5 Å². The highest BCUT2D eigenvalue weighted by molar-refractivity contribution is 5.30. The summed E-state index contributed by atoms with van der Waals surface area (Å²) in [4.78, 5) is 0. The van der Waals surface area contributed by atoms with Gasteiger partial charge in [-0.15, -0.1) is 0 Å². The molecule has 1 nitrogen and oxygen atoms in total. The Balaban J connectivity index is 1.64. The summed E-state index contributed by atoms with van der Waals surface area (Å²) in [5.74, 6) is 0. The van der Waals surface area contributed by atoms with E-state index in [1.54, 1.807) is 11.1 Å². The largest absolute Gasteiger partial charge is 0.314 e. The number of fused-ring (bicyclic) bond motifs is 1. The molecule has 0 radical (unpaired) electrons. The Hall–Kier alpha value is -0.820. The van der Waals surface area contributed by atoms with Crippen LogP contribution in [0.3, 0.4) is 0 Å². The van der Waals surface area contributed by atoms with E-state index in [9.17, 15) is 0 Å². The van der Waals surface area contributed by atoms with E-state index >= 15 is 0 Å². The minimum atomic E-state index is 0.714. The zero-order valence-corrected chi connectivity index (χ0v) is 11.8. The molecule has 1 aliphatic carbocycles. The van der Waals surface area contributed by atoms with Crippen molar-refractivity contribution in [1.29, 1.82) is 0 Å². The molecule has 0 spiro atoms. The summed E-state index contributed by atoms with van der Waals surface area (Å²) < 4.78 is 0. The molecule has 0 saturated carbocycles. The maximum absolute atomic E-state index is 3.74. The SMILES string of the molecule is CCCCCCCNC1CCc2ccccc2C1. The normalized spacial score (nSPS) is 18.6. The third kappa shape index (κ3) is 4.13. The summed E-state index contributed by atoms with van der Waals surface area (Å²) >= 11 is 0. The quantitative estimate of drug-likeness (QED) is 0.713. The molecule has 0 fully saturated rings. The van der Waals surface area contributed by atoms with Gasteiger partial charge < -0.3 is 5.32 Å². The smallest absolute Gasteiger partial charge is 0.0111 e. The summed E-state index contributed by atoms with van der Waals surface area (Å²) in [5, 5.41) is 3.74. The van der Waals surface area contributed by atoms with E-state index in [1.165, 1.54) is 57.9 Å². The van der Waals surface area contributed by atoms with Crippen molar-refractivity contribution in [2.75, 3.05) is 6.54 Å². The van der Waals surface area contributed by atoms with Gasteiger partial charge in [-0.1, -0.05) is 56.9 Å². The number of unbranched alkanes of at least 4 members (excludes halogenated alkanes) is 4. The number of hydrogen-bond donors (Lipinski definition) is 1. The first-order chi connectivity index (χ1) is 8.90. The molecule has 0 heterocycles. The third-order valence-corrected chi connectivity index (χ3v) is 4.06. The van der Waals surface area contributed by atoms with Crippen LogP contribution in [0.5, 0.6) is 0 Å². The lowest BCUT2D eigenvalue weighted by Crippen LogP contribution is -2.35. The second kappa shape index (κ2) is 7.58. The molecule has 0 saturated heterocycles. The average Bonchev–Trinajstić information content (AvgIpc) is 2.42. The van der Waals surface area contributed by atoms with Crippen LogP contribution in [0, 0.1) is 0 Å². The highest BCUT2D eigenvalue weighted by Gasteiger charge is 2.16. The number of aryl methyl sites for hydroxylation is 1. The highest BCUT2D eigenvalue weighted by atomic mass is 14.9. The Morgan fingerprint density at radius 2 is 1.83 bits per heavy atom. The van der Waals surface area contributed by atoms with E-state index < -0.39 is 0 Å². The number of nitrogens with one attached hydrogen (secondary N) is 1. The van der Waals surface area contributed by atoms with E-state index in [1.807, 2.05) is 0 Å². The maximum atomic E-state index is 3.74. The Morgan fingerprint density at radius 1 is 1.06 bits per heavy atom.